The molecular weight excluding hydrogens is 362 g/mol. The number of thiazole rings is 1. The summed E-state index contributed by atoms with van der Waals surface area (Å²) in [6.45, 7) is 4.93. The topological polar surface area (TPSA) is 84.6 Å². The van der Waals surface area contributed by atoms with E-state index in [2.05, 4.69) is 24.0 Å². The van der Waals surface area contributed by atoms with Crippen molar-refractivity contribution in [2.75, 3.05) is 6.61 Å². The molecule has 138 valence electrons. The van der Waals surface area contributed by atoms with Crippen LogP contribution >= 0.6 is 11.3 Å². The summed E-state index contributed by atoms with van der Waals surface area (Å²) in [6.07, 6.45) is 2.76. The molecule has 1 aromatic carbocycles. The predicted molar refractivity (Wildman–Crippen MR) is 100 cm³/mol. The highest BCUT2D eigenvalue weighted by molar-refractivity contribution is 7.20. The Morgan fingerprint density at radius 1 is 1.44 bits per heavy atom. The second-order valence-corrected chi connectivity index (χ2v) is 9.25. The molecular formula is C20H19N3O3S. The van der Waals surface area contributed by atoms with Gasteiger partial charge in [0.2, 0.25) is 5.71 Å². The first-order valence-electron chi connectivity index (χ1n) is 9.13. The van der Waals surface area contributed by atoms with Crippen LogP contribution in [0.15, 0.2) is 29.4 Å². The van der Waals surface area contributed by atoms with Crippen LogP contribution in [-0.2, 0) is 14.4 Å². The summed E-state index contributed by atoms with van der Waals surface area (Å²) in [4.78, 5) is 22.7. The fourth-order valence-corrected chi connectivity index (χ4v) is 6.35. The number of carbonyl (C=O) groups is 1. The van der Waals surface area contributed by atoms with Crippen molar-refractivity contribution in [1.82, 2.24) is 4.98 Å². The van der Waals surface area contributed by atoms with Gasteiger partial charge in [0, 0.05) is 10.8 Å². The maximum atomic E-state index is 13.0. The second-order valence-electron chi connectivity index (χ2n) is 8.22. The molecule has 1 aliphatic heterocycles. The highest BCUT2D eigenvalue weighted by atomic mass is 32.1. The lowest BCUT2D eigenvalue weighted by Gasteiger charge is -2.38. The average molecular weight is 381 g/mol. The van der Waals surface area contributed by atoms with Crippen molar-refractivity contribution in [3.05, 3.63) is 29.3 Å². The maximum absolute atomic E-state index is 13.0. The van der Waals surface area contributed by atoms with Crippen LogP contribution < -0.4 is 0 Å². The van der Waals surface area contributed by atoms with Gasteiger partial charge in [-0.05, 0) is 37.3 Å². The lowest BCUT2D eigenvalue weighted by atomic mass is 9.66. The smallest absolute Gasteiger partial charge is 0.362 e. The van der Waals surface area contributed by atoms with Gasteiger partial charge in [-0.25, -0.2) is 9.78 Å². The third-order valence-electron chi connectivity index (χ3n) is 7.35. The molecule has 0 unspecified atom stereocenters. The average Bonchev–Trinajstić information content (AvgIpc) is 3.32. The van der Waals surface area contributed by atoms with Gasteiger partial charge in [-0.1, -0.05) is 31.1 Å². The zero-order chi connectivity index (χ0) is 18.9. The summed E-state index contributed by atoms with van der Waals surface area (Å²) >= 11 is 1.35. The standard InChI is InChI=1S/C20H19N3O3S/c1-18-11-25-20(9-12(18)7-8-19(18,20)2)17(24)26-23-14(10-21)16-22-13-5-3-4-6-15(13)27-16/h3-6,12H,7-9,11H2,1-2H3/b23-14+/t12-,18+,19-,20-/m1/s1. The van der Waals surface area contributed by atoms with Crippen molar-refractivity contribution >= 4 is 33.2 Å². The lowest BCUT2D eigenvalue weighted by Crippen LogP contribution is -2.50. The van der Waals surface area contributed by atoms with E-state index in [0.29, 0.717) is 24.0 Å². The van der Waals surface area contributed by atoms with Crippen molar-refractivity contribution < 1.29 is 14.4 Å². The number of nitriles is 1. The van der Waals surface area contributed by atoms with Gasteiger partial charge in [-0.3, -0.25) is 0 Å². The number of aromatic nitrogens is 1. The molecule has 3 fully saturated rings. The van der Waals surface area contributed by atoms with Crippen molar-refractivity contribution in [2.24, 2.45) is 21.9 Å². The van der Waals surface area contributed by atoms with Gasteiger partial charge in [0.1, 0.15) is 6.07 Å². The Morgan fingerprint density at radius 3 is 2.96 bits per heavy atom. The second kappa shape index (κ2) is 5.37. The first-order chi connectivity index (χ1) is 12.9. The number of hydrogen-bond acceptors (Lipinski definition) is 7. The van der Waals surface area contributed by atoms with E-state index in [-0.39, 0.29) is 16.5 Å². The molecule has 2 heterocycles. The Kier molecular flexibility index (Phi) is 3.35. The van der Waals surface area contributed by atoms with Gasteiger partial charge >= 0.3 is 5.97 Å². The Balaban J connectivity index is 1.43. The van der Waals surface area contributed by atoms with Gasteiger partial charge in [-0.15, -0.1) is 11.3 Å². The van der Waals surface area contributed by atoms with Gasteiger partial charge in [0.05, 0.1) is 16.8 Å². The summed E-state index contributed by atoms with van der Waals surface area (Å²) in [5.74, 6) is -0.00253. The number of ether oxygens (including phenoxy) is 1. The third kappa shape index (κ3) is 1.95. The minimum atomic E-state index is -0.942. The molecule has 5 rings (SSSR count). The van der Waals surface area contributed by atoms with E-state index in [1.54, 1.807) is 0 Å². The molecule has 6 nitrogen and oxygen atoms in total. The van der Waals surface area contributed by atoms with Crippen LogP contribution in [0, 0.1) is 28.1 Å². The van der Waals surface area contributed by atoms with Gasteiger partial charge in [-0.2, -0.15) is 5.26 Å². The Morgan fingerprint density at radius 2 is 2.26 bits per heavy atom. The normalized spacial score (nSPS) is 36.9. The number of para-hydroxylation sites is 1. The van der Waals surface area contributed by atoms with E-state index in [0.717, 1.165) is 23.1 Å². The molecule has 4 atom stereocenters. The minimum Gasteiger partial charge on any atom is -0.362 e. The molecule has 3 aliphatic rings. The summed E-state index contributed by atoms with van der Waals surface area (Å²) in [5.41, 5.74) is -0.362. The monoisotopic (exact) mass is 381 g/mol. The summed E-state index contributed by atoms with van der Waals surface area (Å²) < 4.78 is 6.98. The van der Waals surface area contributed by atoms with Gasteiger partial charge in [0.15, 0.2) is 10.6 Å². The number of nitrogens with zero attached hydrogens (tertiary/aromatic N) is 3. The lowest BCUT2D eigenvalue weighted by molar-refractivity contribution is -0.181. The van der Waals surface area contributed by atoms with Crippen LogP contribution in [0.25, 0.3) is 10.2 Å². The van der Waals surface area contributed by atoms with Gasteiger partial charge < -0.3 is 9.57 Å². The van der Waals surface area contributed by atoms with Crippen LogP contribution in [0.4, 0.5) is 0 Å². The molecule has 2 aromatic rings. The van der Waals surface area contributed by atoms with Crippen molar-refractivity contribution in [1.29, 1.82) is 5.26 Å². The first kappa shape index (κ1) is 16.8. The Bertz CT molecular complexity index is 1010. The zero-order valence-corrected chi connectivity index (χ0v) is 16.0. The predicted octanol–water partition coefficient (Wildman–Crippen LogP) is 3.66. The maximum Gasteiger partial charge on any atom is 0.367 e. The zero-order valence-electron chi connectivity index (χ0n) is 15.2. The van der Waals surface area contributed by atoms with E-state index < -0.39 is 11.6 Å². The molecule has 0 spiro atoms. The van der Waals surface area contributed by atoms with E-state index >= 15 is 0 Å². The van der Waals surface area contributed by atoms with Crippen molar-refractivity contribution in [3.63, 3.8) is 0 Å². The van der Waals surface area contributed by atoms with Crippen LogP contribution in [0.2, 0.25) is 0 Å². The SMILES string of the molecule is C[C@]12CC[C@@H]3C[C@]1(C(=O)O/N=C(\C#N)c1nc4ccccc4s1)OC[C@@]32C. The van der Waals surface area contributed by atoms with Crippen LogP contribution in [-0.4, -0.2) is 28.9 Å². The Hall–Kier alpha value is -2.30. The molecule has 0 N–H and O–H groups in total. The molecule has 4 bridgehead atoms. The Labute approximate surface area is 160 Å². The highest BCUT2D eigenvalue weighted by Crippen LogP contribution is 2.75. The van der Waals surface area contributed by atoms with Crippen LogP contribution in [0.1, 0.15) is 38.1 Å². The van der Waals surface area contributed by atoms with Gasteiger partial charge in [0.25, 0.3) is 0 Å². The molecule has 7 heteroatoms. The van der Waals surface area contributed by atoms with E-state index in [9.17, 15) is 10.1 Å². The minimum absolute atomic E-state index is 0.00928. The molecule has 1 saturated heterocycles. The van der Waals surface area contributed by atoms with Crippen molar-refractivity contribution in [3.8, 4) is 6.07 Å². The molecule has 0 radical (unpaired) electrons. The van der Waals surface area contributed by atoms with Crippen LogP contribution in [0.3, 0.4) is 0 Å². The summed E-state index contributed by atoms with van der Waals surface area (Å²) in [5, 5.41) is 13.8. The quantitative estimate of drug-likeness (QED) is 0.460. The summed E-state index contributed by atoms with van der Waals surface area (Å²) in [6, 6.07) is 9.60. The third-order valence-corrected chi connectivity index (χ3v) is 8.39. The number of benzene rings is 1. The van der Waals surface area contributed by atoms with Crippen LogP contribution in [0.5, 0.6) is 0 Å². The molecule has 0 amide bonds. The summed E-state index contributed by atoms with van der Waals surface area (Å²) in [7, 11) is 0. The molecule has 27 heavy (non-hydrogen) atoms. The highest BCUT2D eigenvalue weighted by Gasteiger charge is 2.79. The number of carbonyl (C=O) groups excluding carboxylic acids is 1. The van der Waals surface area contributed by atoms with Crippen molar-refractivity contribution in [2.45, 2.75) is 38.7 Å². The molecule has 1 aromatic heterocycles. The van der Waals surface area contributed by atoms with E-state index in [1.165, 1.54) is 11.3 Å². The number of oxime groups is 1. The molecule has 2 saturated carbocycles. The van der Waals surface area contributed by atoms with E-state index in [1.807, 2.05) is 30.3 Å². The first-order valence-corrected chi connectivity index (χ1v) is 9.95. The fourth-order valence-electron chi connectivity index (χ4n) is 5.46. The largest absolute Gasteiger partial charge is 0.367 e. The van der Waals surface area contributed by atoms with E-state index in [4.69, 9.17) is 9.57 Å². The number of rotatable bonds is 3. The number of hydrogen-bond donors (Lipinski definition) is 0. The molecule has 2 aliphatic carbocycles. The fraction of sp³-hybridized carbons (Fsp3) is 0.500. The number of fused-ring (bicyclic) bond motifs is 1.